The molecule has 106 valence electrons. The van der Waals surface area contributed by atoms with Crippen LogP contribution >= 0.6 is 11.8 Å². The Morgan fingerprint density at radius 1 is 1.50 bits per heavy atom. The van der Waals surface area contributed by atoms with Crippen molar-refractivity contribution >= 4 is 18.0 Å². The smallest absolute Gasteiger partial charge is 0.0704 e. The molecule has 0 aromatic rings. The predicted molar refractivity (Wildman–Crippen MR) is 81.5 cm³/mol. The van der Waals surface area contributed by atoms with Crippen molar-refractivity contribution in [3.8, 4) is 0 Å². The van der Waals surface area contributed by atoms with Gasteiger partial charge in [0.1, 0.15) is 0 Å². The van der Waals surface area contributed by atoms with Gasteiger partial charge in [-0.15, -0.1) is 11.8 Å². The number of hydrazone groups is 1. The fourth-order valence-corrected chi connectivity index (χ4v) is 3.50. The van der Waals surface area contributed by atoms with Crippen LogP contribution in [0.3, 0.4) is 0 Å². The Morgan fingerprint density at radius 2 is 2.28 bits per heavy atom. The van der Waals surface area contributed by atoms with E-state index in [1.54, 1.807) is 7.11 Å². The second-order valence-electron chi connectivity index (χ2n) is 5.19. The van der Waals surface area contributed by atoms with E-state index in [2.05, 4.69) is 32.0 Å². The molecule has 1 heterocycles. The molecule has 1 aliphatic rings. The van der Waals surface area contributed by atoms with Crippen LogP contribution in [0.4, 0.5) is 0 Å². The van der Waals surface area contributed by atoms with Gasteiger partial charge in [0.25, 0.3) is 0 Å². The molecule has 3 nitrogen and oxygen atoms in total. The molecule has 0 unspecified atom stereocenters. The molecule has 18 heavy (non-hydrogen) atoms. The molecule has 0 amide bonds. The van der Waals surface area contributed by atoms with Crippen LogP contribution in [-0.2, 0) is 4.74 Å². The summed E-state index contributed by atoms with van der Waals surface area (Å²) in [6.07, 6.45) is 7.04. The van der Waals surface area contributed by atoms with Gasteiger partial charge < -0.3 is 4.74 Å². The van der Waals surface area contributed by atoms with Gasteiger partial charge in [-0.2, -0.15) is 5.10 Å². The van der Waals surface area contributed by atoms with E-state index in [-0.39, 0.29) is 0 Å². The molecule has 0 saturated carbocycles. The molecule has 0 radical (unpaired) electrons. The van der Waals surface area contributed by atoms with Gasteiger partial charge in [-0.1, -0.05) is 27.2 Å². The molecular weight excluding hydrogens is 244 g/mol. The number of ether oxygens (including phenoxy) is 1. The Labute approximate surface area is 116 Å². The van der Waals surface area contributed by atoms with Gasteiger partial charge in [0.2, 0.25) is 0 Å². The summed E-state index contributed by atoms with van der Waals surface area (Å²) in [5.74, 6) is 0. The molecule has 0 aliphatic carbocycles. The van der Waals surface area contributed by atoms with Crippen LogP contribution in [0.15, 0.2) is 5.10 Å². The quantitative estimate of drug-likeness (QED) is 0.633. The van der Waals surface area contributed by atoms with Crippen LogP contribution in [0.5, 0.6) is 0 Å². The van der Waals surface area contributed by atoms with Gasteiger partial charge >= 0.3 is 0 Å². The molecule has 1 fully saturated rings. The first-order chi connectivity index (χ1) is 8.67. The van der Waals surface area contributed by atoms with Crippen molar-refractivity contribution in [3.63, 3.8) is 0 Å². The van der Waals surface area contributed by atoms with Crippen LogP contribution < -0.4 is 0 Å². The van der Waals surface area contributed by atoms with E-state index in [9.17, 15) is 0 Å². The molecule has 0 spiro atoms. The summed E-state index contributed by atoms with van der Waals surface area (Å²) in [4.78, 5) is 0. The summed E-state index contributed by atoms with van der Waals surface area (Å²) in [6.45, 7) is 8.63. The lowest BCUT2D eigenvalue weighted by Crippen LogP contribution is -2.29. The summed E-state index contributed by atoms with van der Waals surface area (Å²) in [5.41, 5.74) is 0. The highest BCUT2D eigenvalue weighted by Gasteiger charge is 2.22. The molecule has 2 atom stereocenters. The second-order valence-corrected chi connectivity index (χ2v) is 7.01. The lowest BCUT2D eigenvalue weighted by Gasteiger charge is -2.22. The molecule has 0 N–H and O–H groups in total. The summed E-state index contributed by atoms with van der Waals surface area (Å²) >= 11 is 2.01. The third-order valence-electron chi connectivity index (χ3n) is 3.11. The van der Waals surface area contributed by atoms with E-state index in [1.807, 2.05) is 11.8 Å². The van der Waals surface area contributed by atoms with Crippen LogP contribution in [0.1, 0.15) is 46.5 Å². The van der Waals surface area contributed by atoms with E-state index < -0.39 is 0 Å². The number of hydrogen-bond donors (Lipinski definition) is 0. The molecular formula is C14H28N2OS. The molecule has 1 aliphatic heterocycles. The van der Waals surface area contributed by atoms with Crippen molar-refractivity contribution in [2.45, 2.75) is 63.0 Å². The van der Waals surface area contributed by atoms with Crippen LogP contribution in [0.2, 0.25) is 0 Å². The average molecular weight is 272 g/mol. The fraction of sp³-hybridized carbons (Fsp3) is 0.929. The second kappa shape index (κ2) is 8.81. The molecule has 1 saturated heterocycles. The summed E-state index contributed by atoms with van der Waals surface area (Å²) in [5, 5.41) is 8.14. The van der Waals surface area contributed by atoms with Gasteiger partial charge in [-0.25, -0.2) is 0 Å². The van der Waals surface area contributed by atoms with Gasteiger partial charge in [-0.05, 0) is 24.5 Å². The molecule has 4 heteroatoms. The van der Waals surface area contributed by atoms with Crippen molar-refractivity contribution in [1.82, 2.24) is 5.01 Å². The fourth-order valence-electron chi connectivity index (χ4n) is 2.31. The van der Waals surface area contributed by atoms with Crippen molar-refractivity contribution in [1.29, 1.82) is 0 Å². The maximum Gasteiger partial charge on any atom is 0.0704 e. The zero-order valence-electron chi connectivity index (χ0n) is 12.3. The van der Waals surface area contributed by atoms with Crippen LogP contribution in [0, 0.1) is 0 Å². The normalized spacial score (nSPS) is 22.3. The highest BCUT2D eigenvalue weighted by Crippen LogP contribution is 2.22. The van der Waals surface area contributed by atoms with Crippen molar-refractivity contribution in [3.05, 3.63) is 0 Å². The van der Waals surface area contributed by atoms with Gasteiger partial charge in [0.15, 0.2) is 0 Å². The number of nitrogens with zero attached hydrogens (tertiary/aromatic N) is 2. The number of rotatable bonds is 8. The zero-order chi connectivity index (χ0) is 13.4. The summed E-state index contributed by atoms with van der Waals surface area (Å²) in [7, 11) is 1.77. The SMILES string of the molecule is CCC[C@H](/C=N/N1CCC[C@H]1COC)SC(C)C. The first-order valence-electron chi connectivity index (χ1n) is 7.12. The van der Waals surface area contributed by atoms with Gasteiger partial charge in [0.05, 0.1) is 12.6 Å². The monoisotopic (exact) mass is 272 g/mol. The molecule has 0 bridgehead atoms. The highest BCUT2D eigenvalue weighted by molar-refractivity contribution is 8.01. The number of hydrogen-bond acceptors (Lipinski definition) is 4. The maximum atomic E-state index is 5.25. The topological polar surface area (TPSA) is 24.8 Å². The Kier molecular flexibility index (Phi) is 7.75. The van der Waals surface area contributed by atoms with E-state index in [1.165, 1.54) is 25.7 Å². The van der Waals surface area contributed by atoms with Gasteiger partial charge in [-0.3, -0.25) is 5.01 Å². The summed E-state index contributed by atoms with van der Waals surface area (Å²) < 4.78 is 5.25. The van der Waals surface area contributed by atoms with Crippen molar-refractivity contribution in [2.24, 2.45) is 5.10 Å². The molecule has 0 aromatic heterocycles. The average Bonchev–Trinajstić information content (AvgIpc) is 2.74. The van der Waals surface area contributed by atoms with E-state index in [4.69, 9.17) is 9.84 Å². The maximum absolute atomic E-state index is 5.25. The molecule has 0 aromatic carbocycles. The predicted octanol–water partition coefficient (Wildman–Crippen LogP) is 3.39. The van der Waals surface area contributed by atoms with Gasteiger partial charge in [0, 0.05) is 25.1 Å². The van der Waals surface area contributed by atoms with Crippen LogP contribution in [0.25, 0.3) is 0 Å². The van der Waals surface area contributed by atoms with Crippen LogP contribution in [-0.4, -0.2) is 48.0 Å². The Morgan fingerprint density at radius 3 is 2.89 bits per heavy atom. The number of thioether (sulfide) groups is 1. The number of methoxy groups -OCH3 is 1. The Hall–Kier alpha value is -0.220. The van der Waals surface area contributed by atoms with E-state index in [0.717, 1.165) is 13.2 Å². The van der Waals surface area contributed by atoms with Crippen molar-refractivity contribution < 1.29 is 4.74 Å². The minimum atomic E-state index is 0.484. The summed E-state index contributed by atoms with van der Waals surface area (Å²) in [6, 6.07) is 0.484. The first kappa shape index (κ1) is 15.8. The minimum Gasteiger partial charge on any atom is -0.382 e. The Balaban J connectivity index is 2.47. The first-order valence-corrected chi connectivity index (χ1v) is 8.06. The van der Waals surface area contributed by atoms with E-state index in [0.29, 0.717) is 16.5 Å². The zero-order valence-corrected chi connectivity index (χ0v) is 13.1. The Bertz CT molecular complexity index is 246. The largest absolute Gasteiger partial charge is 0.382 e. The molecule has 1 rings (SSSR count). The highest BCUT2D eigenvalue weighted by atomic mass is 32.2. The third kappa shape index (κ3) is 5.61. The standard InChI is InChI=1S/C14H28N2OS/c1-5-7-14(18-12(2)3)10-15-16-9-6-8-13(16)11-17-4/h10,12-14H,5-9,11H2,1-4H3/b15-10+/t13-,14+/m0/s1. The minimum absolute atomic E-state index is 0.484. The lowest BCUT2D eigenvalue weighted by atomic mass is 10.2. The third-order valence-corrected chi connectivity index (χ3v) is 4.36. The van der Waals surface area contributed by atoms with E-state index >= 15 is 0 Å². The lowest BCUT2D eigenvalue weighted by molar-refractivity contribution is 0.118. The van der Waals surface area contributed by atoms with Crippen molar-refractivity contribution in [2.75, 3.05) is 20.3 Å².